The topological polar surface area (TPSA) is 61.9 Å². The van der Waals surface area contributed by atoms with Gasteiger partial charge in [-0.05, 0) is 20.3 Å². The van der Waals surface area contributed by atoms with Gasteiger partial charge in [-0.15, -0.1) is 0 Å². The lowest BCUT2D eigenvalue weighted by molar-refractivity contribution is -0.148. The summed E-state index contributed by atoms with van der Waals surface area (Å²) in [4.78, 5) is 27.0. The summed E-state index contributed by atoms with van der Waals surface area (Å²) < 4.78 is 5.74. The molecule has 114 valence electrons. The lowest BCUT2D eigenvalue weighted by atomic mass is 10.0. The van der Waals surface area contributed by atoms with Crippen LogP contribution in [-0.2, 0) is 14.3 Å². The van der Waals surface area contributed by atoms with Crippen LogP contribution in [0.25, 0.3) is 0 Å². The molecule has 20 heavy (non-hydrogen) atoms. The van der Waals surface area contributed by atoms with Crippen molar-refractivity contribution in [3.05, 3.63) is 0 Å². The lowest BCUT2D eigenvalue weighted by Gasteiger charge is -2.36. The maximum absolute atomic E-state index is 12.0. The standard InChI is InChI=1S/C14H25N3O3/c1-10(2)17-6-7-20-11(9-17)8-15-12-4-5-13(18)16(3)14(12)19/h10-12,15H,4-9H2,1-3H3. The Kier molecular flexibility index (Phi) is 5.12. The number of likely N-dealkylation sites (N-methyl/N-ethyl adjacent to an activating group) is 1. The molecule has 6 heteroatoms. The molecule has 0 spiro atoms. The lowest BCUT2D eigenvalue weighted by Crippen LogP contribution is -2.55. The van der Waals surface area contributed by atoms with E-state index in [1.54, 1.807) is 7.05 Å². The molecule has 2 unspecified atom stereocenters. The van der Waals surface area contributed by atoms with Crippen LogP contribution in [0.1, 0.15) is 26.7 Å². The number of morpholine rings is 1. The Morgan fingerprint density at radius 3 is 2.85 bits per heavy atom. The molecular weight excluding hydrogens is 258 g/mol. The number of piperidine rings is 1. The van der Waals surface area contributed by atoms with E-state index < -0.39 is 0 Å². The highest BCUT2D eigenvalue weighted by Crippen LogP contribution is 2.13. The molecule has 2 atom stereocenters. The Bertz CT molecular complexity index is 373. The Morgan fingerprint density at radius 1 is 1.40 bits per heavy atom. The quantitative estimate of drug-likeness (QED) is 0.726. The predicted molar refractivity (Wildman–Crippen MR) is 75.3 cm³/mol. The fourth-order valence-electron chi connectivity index (χ4n) is 2.71. The van der Waals surface area contributed by atoms with Crippen molar-refractivity contribution >= 4 is 11.8 Å². The number of nitrogens with one attached hydrogen (secondary N) is 1. The van der Waals surface area contributed by atoms with Crippen molar-refractivity contribution in [2.45, 2.75) is 44.9 Å². The number of hydrogen-bond donors (Lipinski definition) is 1. The first-order valence-corrected chi connectivity index (χ1v) is 7.38. The second-order valence-corrected chi connectivity index (χ2v) is 5.87. The summed E-state index contributed by atoms with van der Waals surface area (Å²) in [5.74, 6) is -0.217. The molecule has 2 aliphatic heterocycles. The van der Waals surface area contributed by atoms with Crippen molar-refractivity contribution in [2.24, 2.45) is 0 Å². The third kappa shape index (κ3) is 3.56. The minimum absolute atomic E-state index is 0.0899. The van der Waals surface area contributed by atoms with Crippen molar-refractivity contribution in [3.8, 4) is 0 Å². The van der Waals surface area contributed by atoms with Crippen LogP contribution in [-0.4, -0.2) is 73.1 Å². The zero-order valence-electron chi connectivity index (χ0n) is 12.6. The number of likely N-dealkylation sites (tertiary alicyclic amines) is 1. The molecule has 0 bridgehead atoms. The van der Waals surface area contributed by atoms with Gasteiger partial charge in [0.2, 0.25) is 11.8 Å². The monoisotopic (exact) mass is 283 g/mol. The number of hydrogen-bond acceptors (Lipinski definition) is 5. The van der Waals surface area contributed by atoms with E-state index in [9.17, 15) is 9.59 Å². The molecule has 0 aromatic carbocycles. The number of carbonyl (C=O) groups excluding carboxylic acids is 2. The highest BCUT2D eigenvalue weighted by atomic mass is 16.5. The summed E-state index contributed by atoms with van der Waals surface area (Å²) in [5, 5.41) is 3.26. The van der Waals surface area contributed by atoms with Crippen molar-refractivity contribution < 1.29 is 14.3 Å². The zero-order chi connectivity index (χ0) is 14.7. The van der Waals surface area contributed by atoms with E-state index in [1.165, 1.54) is 4.90 Å². The largest absolute Gasteiger partial charge is 0.374 e. The number of nitrogens with zero attached hydrogens (tertiary/aromatic N) is 2. The van der Waals surface area contributed by atoms with Crippen LogP contribution in [0, 0.1) is 0 Å². The molecule has 2 rings (SSSR count). The van der Waals surface area contributed by atoms with Gasteiger partial charge >= 0.3 is 0 Å². The second kappa shape index (κ2) is 6.65. The maximum Gasteiger partial charge on any atom is 0.246 e. The van der Waals surface area contributed by atoms with Gasteiger partial charge in [0, 0.05) is 39.1 Å². The zero-order valence-corrected chi connectivity index (χ0v) is 12.6. The van der Waals surface area contributed by atoms with E-state index >= 15 is 0 Å². The summed E-state index contributed by atoms with van der Waals surface area (Å²) in [6.07, 6.45) is 1.13. The fraction of sp³-hybridized carbons (Fsp3) is 0.857. The minimum Gasteiger partial charge on any atom is -0.374 e. The first-order chi connectivity index (χ1) is 9.49. The van der Waals surface area contributed by atoms with Crippen molar-refractivity contribution in [3.63, 3.8) is 0 Å². The van der Waals surface area contributed by atoms with Crippen molar-refractivity contribution in [1.29, 1.82) is 0 Å². The van der Waals surface area contributed by atoms with Crippen LogP contribution in [0.4, 0.5) is 0 Å². The number of imide groups is 1. The van der Waals surface area contributed by atoms with E-state index in [2.05, 4.69) is 24.1 Å². The maximum atomic E-state index is 12.0. The molecule has 0 aromatic rings. The normalized spacial score (nSPS) is 29.3. The van der Waals surface area contributed by atoms with E-state index in [0.29, 0.717) is 25.4 Å². The summed E-state index contributed by atoms with van der Waals surface area (Å²) >= 11 is 0. The average molecular weight is 283 g/mol. The number of carbonyl (C=O) groups is 2. The summed E-state index contributed by atoms with van der Waals surface area (Å²) in [7, 11) is 1.55. The summed E-state index contributed by atoms with van der Waals surface area (Å²) in [6, 6.07) is 0.261. The number of rotatable bonds is 4. The SMILES string of the molecule is CC(C)N1CCOC(CNC2CCC(=O)N(C)C2=O)C1. The third-order valence-corrected chi connectivity index (χ3v) is 4.14. The van der Waals surface area contributed by atoms with Crippen LogP contribution in [0.2, 0.25) is 0 Å². The van der Waals surface area contributed by atoms with Gasteiger partial charge in [-0.1, -0.05) is 0 Å². The molecule has 2 amide bonds. The van der Waals surface area contributed by atoms with Gasteiger partial charge < -0.3 is 10.1 Å². The van der Waals surface area contributed by atoms with Gasteiger partial charge in [0.1, 0.15) is 0 Å². The Labute approximate surface area is 120 Å². The van der Waals surface area contributed by atoms with E-state index in [4.69, 9.17) is 4.74 Å². The molecule has 2 heterocycles. The van der Waals surface area contributed by atoms with Crippen LogP contribution in [0.15, 0.2) is 0 Å². The molecule has 0 saturated carbocycles. The number of amides is 2. The van der Waals surface area contributed by atoms with Gasteiger partial charge in [0.15, 0.2) is 0 Å². The Hall–Kier alpha value is -0.980. The van der Waals surface area contributed by atoms with Crippen LogP contribution in [0.5, 0.6) is 0 Å². The van der Waals surface area contributed by atoms with Crippen LogP contribution < -0.4 is 5.32 Å². The molecule has 2 saturated heterocycles. The summed E-state index contributed by atoms with van der Waals surface area (Å²) in [5.41, 5.74) is 0. The van der Waals surface area contributed by atoms with E-state index in [-0.39, 0.29) is 24.0 Å². The van der Waals surface area contributed by atoms with Crippen molar-refractivity contribution in [1.82, 2.24) is 15.1 Å². The third-order valence-electron chi connectivity index (χ3n) is 4.14. The molecule has 2 fully saturated rings. The summed E-state index contributed by atoms with van der Waals surface area (Å²) in [6.45, 7) is 7.61. The first kappa shape index (κ1) is 15.4. The molecule has 1 N–H and O–H groups in total. The molecule has 0 radical (unpaired) electrons. The average Bonchev–Trinajstić information content (AvgIpc) is 2.44. The highest BCUT2D eigenvalue weighted by Gasteiger charge is 2.32. The number of ether oxygens (including phenoxy) is 1. The van der Waals surface area contributed by atoms with Crippen LogP contribution in [0.3, 0.4) is 0 Å². The second-order valence-electron chi connectivity index (χ2n) is 5.87. The first-order valence-electron chi connectivity index (χ1n) is 7.38. The predicted octanol–water partition coefficient (Wildman–Crippen LogP) is -0.167. The van der Waals surface area contributed by atoms with Gasteiger partial charge in [-0.2, -0.15) is 0 Å². The smallest absolute Gasteiger partial charge is 0.246 e. The van der Waals surface area contributed by atoms with Gasteiger partial charge in [0.05, 0.1) is 18.8 Å². The Morgan fingerprint density at radius 2 is 2.15 bits per heavy atom. The van der Waals surface area contributed by atoms with Gasteiger partial charge in [-0.25, -0.2) is 0 Å². The van der Waals surface area contributed by atoms with Crippen molar-refractivity contribution in [2.75, 3.05) is 33.3 Å². The molecule has 2 aliphatic rings. The minimum atomic E-state index is -0.254. The molecule has 0 aliphatic carbocycles. The molecule has 6 nitrogen and oxygen atoms in total. The highest BCUT2D eigenvalue weighted by molar-refractivity contribution is 6.00. The molecule has 0 aromatic heterocycles. The van der Waals surface area contributed by atoms with E-state index in [1.807, 2.05) is 0 Å². The van der Waals surface area contributed by atoms with Gasteiger partial charge in [0.25, 0.3) is 0 Å². The van der Waals surface area contributed by atoms with E-state index in [0.717, 1.165) is 19.7 Å². The van der Waals surface area contributed by atoms with Crippen LogP contribution >= 0.6 is 0 Å². The Balaban J connectivity index is 1.80. The van der Waals surface area contributed by atoms with Gasteiger partial charge in [-0.3, -0.25) is 19.4 Å². The molecular formula is C14H25N3O3. The fourth-order valence-corrected chi connectivity index (χ4v) is 2.71.